The van der Waals surface area contributed by atoms with Crippen molar-refractivity contribution >= 4 is 47.1 Å². The molecule has 16 heteroatoms. The molecular formula is C54H70Li2N4O10. The van der Waals surface area contributed by atoms with Crippen molar-refractivity contribution in [2.45, 2.75) is 131 Å². The maximum atomic E-state index is 13.7. The van der Waals surface area contributed by atoms with E-state index in [9.17, 15) is 49.2 Å². The van der Waals surface area contributed by atoms with Gasteiger partial charge in [-0.1, -0.05) is 140 Å². The van der Waals surface area contributed by atoms with Crippen LogP contribution in [0, 0.1) is 23.7 Å². The van der Waals surface area contributed by atoms with Crippen molar-refractivity contribution in [1.82, 2.24) is 10.6 Å². The summed E-state index contributed by atoms with van der Waals surface area (Å²) in [5.41, 5.74) is 4.67. The summed E-state index contributed by atoms with van der Waals surface area (Å²) in [5.74, 6) is -5.48. The Morgan fingerprint density at radius 2 is 0.657 bits per heavy atom. The largest absolute Gasteiger partial charge is 1.00 e. The summed E-state index contributed by atoms with van der Waals surface area (Å²) < 4.78 is 0. The van der Waals surface area contributed by atoms with Gasteiger partial charge in [-0.05, 0) is 110 Å². The summed E-state index contributed by atoms with van der Waals surface area (Å²) >= 11 is 0. The van der Waals surface area contributed by atoms with Crippen molar-refractivity contribution in [3.8, 4) is 22.3 Å². The van der Waals surface area contributed by atoms with Crippen molar-refractivity contribution < 1.29 is 86.9 Å². The van der Waals surface area contributed by atoms with E-state index in [1.807, 2.05) is 140 Å². The number of anilines is 2. The Hall–Kier alpha value is -5.19. The van der Waals surface area contributed by atoms with Crippen LogP contribution in [-0.2, 0) is 28.8 Å². The van der Waals surface area contributed by atoms with Crippen LogP contribution in [0.2, 0.25) is 0 Å². The SMILES string of the molecule is CC(C)C[C@H](N[C@@H](CC(C)C)C(=O)N(c1ccc(-c2ccccc2)cc1)[C@@H](C)C(=O)[O-])C(=O)O.CC(C)C[C@H](N[C@@H](CC(C)C)C(=O)N(c1ccc(-c2ccccc2)cc1)[C@@H](C)C(=O)[O-])C(=O)O.[Li+].[Li+]. The van der Waals surface area contributed by atoms with Crippen LogP contribution in [0.15, 0.2) is 109 Å². The summed E-state index contributed by atoms with van der Waals surface area (Å²) in [6, 6.07) is 27.5. The zero-order chi connectivity index (χ0) is 50.8. The first-order valence-electron chi connectivity index (χ1n) is 23.4. The van der Waals surface area contributed by atoms with Crippen molar-refractivity contribution in [2.24, 2.45) is 23.7 Å². The molecule has 6 atom stereocenters. The Labute approximate surface area is 438 Å². The number of carboxylic acid groups (broad SMARTS) is 4. The molecule has 368 valence electrons. The van der Waals surface area contributed by atoms with Crippen molar-refractivity contribution in [3.63, 3.8) is 0 Å². The Morgan fingerprint density at radius 1 is 0.414 bits per heavy atom. The topological polar surface area (TPSA) is 220 Å². The molecule has 0 heterocycles. The van der Waals surface area contributed by atoms with E-state index >= 15 is 0 Å². The second kappa shape index (κ2) is 30.5. The van der Waals surface area contributed by atoms with Crippen LogP contribution in [0.1, 0.15) is 94.9 Å². The van der Waals surface area contributed by atoms with E-state index in [0.29, 0.717) is 37.1 Å². The van der Waals surface area contributed by atoms with Gasteiger partial charge in [0.1, 0.15) is 12.1 Å². The molecule has 4 aromatic rings. The van der Waals surface area contributed by atoms with E-state index in [1.54, 1.807) is 24.3 Å². The molecule has 4 aromatic carbocycles. The summed E-state index contributed by atoms with van der Waals surface area (Å²) in [5, 5.41) is 49.0. The molecule has 0 saturated heterocycles. The van der Waals surface area contributed by atoms with E-state index in [0.717, 1.165) is 22.3 Å². The van der Waals surface area contributed by atoms with Gasteiger partial charge in [-0.25, -0.2) is 0 Å². The van der Waals surface area contributed by atoms with E-state index in [2.05, 4.69) is 10.6 Å². The van der Waals surface area contributed by atoms with Crippen molar-refractivity contribution in [2.75, 3.05) is 9.80 Å². The van der Waals surface area contributed by atoms with Crippen LogP contribution in [0.4, 0.5) is 11.4 Å². The molecular weight excluding hydrogens is 878 g/mol. The third-order valence-corrected chi connectivity index (χ3v) is 11.3. The predicted octanol–water partition coefficient (Wildman–Crippen LogP) is 0.665. The van der Waals surface area contributed by atoms with Gasteiger partial charge in [-0.2, -0.15) is 0 Å². The number of carboxylic acids is 4. The molecule has 0 aliphatic rings. The standard InChI is InChI=1S/2C27H36N2O5.2Li/c2*1-17(2)15-23(28-24(27(33)34)16-18(3)4)25(30)29(19(5)26(31)32)22-13-11-21(12-14-22)20-9-7-6-8-10-20;;/h2*6-14,17-19,23-24,28H,15-16H2,1-5H3,(H,31,32)(H,33,34);;/q;;2*+1/p-2/t2*19-,23-,24-;;/m00../s1. The van der Waals surface area contributed by atoms with Crippen molar-refractivity contribution in [1.29, 1.82) is 0 Å². The number of carbonyl (C=O) groups excluding carboxylic acids is 4. The molecule has 2 amide bonds. The third-order valence-electron chi connectivity index (χ3n) is 11.3. The van der Waals surface area contributed by atoms with Gasteiger partial charge >= 0.3 is 49.7 Å². The number of benzene rings is 4. The Morgan fingerprint density at radius 3 is 0.886 bits per heavy atom. The van der Waals surface area contributed by atoms with Crippen LogP contribution in [-0.4, -0.2) is 82.2 Å². The molecule has 0 saturated carbocycles. The van der Waals surface area contributed by atoms with E-state index in [-0.39, 0.29) is 61.4 Å². The van der Waals surface area contributed by atoms with E-state index < -0.39 is 71.9 Å². The molecule has 0 fully saturated rings. The van der Waals surface area contributed by atoms with Gasteiger partial charge < -0.3 is 39.8 Å². The first kappa shape index (κ1) is 62.8. The number of hydrogen-bond acceptors (Lipinski definition) is 10. The van der Waals surface area contributed by atoms with Gasteiger partial charge in [-0.3, -0.25) is 29.8 Å². The number of hydrogen-bond donors (Lipinski definition) is 4. The van der Waals surface area contributed by atoms with Gasteiger partial charge in [0.05, 0.1) is 36.1 Å². The number of amides is 2. The smallest absolute Gasteiger partial charge is 0.548 e. The number of nitrogens with zero attached hydrogens (tertiary/aromatic N) is 2. The molecule has 0 aromatic heterocycles. The fourth-order valence-corrected chi connectivity index (χ4v) is 7.85. The molecule has 0 aliphatic heterocycles. The Balaban J connectivity index is 0.000000681. The summed E-state index contributed by atoms with van der Waals surface area (Å²) in [4.78, 5) is 77.1. The number of rotatable bonds is 24. The van der Waals surface area contributed by atoms with Crippen LogP contribution in [0.3, 0.4) is 0 Å². The van der Waals surface area contributed by atoms with Crippen LogP contribution in [0.5, 0.6) is 0 Å². The maximum Gasteiger partial charge on any atom is 1.00 e. The van der Waals surface area contributed by atoms with Gasteiger partial charge in [-0.15, -0.1) is 0 Å². The average Bonchev–Trinajstić information content (AvgIpc) is 3.28. The third kappa shape index (κ3) is 19.5. The van der Waals surface area contributed by atoms with Crippen LogP contribution >= 0.6 is 0 Å². The maximum absolute atomic E-state index is 13.7. The fraction of sp³-hybridized carbons (Fsp3) is 0.444. The summed E-state index contributed by atoms with van der Waals surface area (Å²) in [7, 11) is 0. The first-order chi connectivity index (χ1) is 32.0. The number of aliphatic carboxylic acids is 4. The first-order valence-corrected chi connectivity index (χ1v) is 23.4. The van der Waals surface area contributed by atoms with Crippen LogP contribution in [0.25, 0.3) is 22.3 Å². The molecule has 0 aliphatic carbocycles. The second-order valence-corrected chi connectivity index (χ2v) is 19.0. The van der Waals surface area contributed by atoms with E-state index in [1.165, 1.54) is 23.6 Å². The Kier molecular flexibility index (Phi) is 27.4. The number of carbonyl (C=O) groups is 6. The van der Waals surface area contributed by atoms with Gasteiger partial charge in [0.25, 0.3) is 0 Å². The van der Waals surface area contributed by atoms with Crippen molar-refractivity contribution in [3.05, 3.63) is 109 Å². The summed E-state index contributed by atoms with van der Waals surface area (Å²) in [6.45, 7) is 18.2. The Bertz CT molecular complexity index is 2090. The second-order valence-electron chi connectivity index (χ2n) is 19.0. The zero-order valence-electron chi connectivity index (χ0n) is 43.0. The normalized spacial score (nSPS) is 13.6. The molecule has 4 N–H and O–H groups in total. The minimum atomic E-state index is -1.39. The van der Waals surface area contributed by atoms with Crippen LogP contribution < -0.4 is 68.4 Å². The van der Waals surface area contributed by atoms with E-state index in [4.69, 9.17) is 0 Å². The predicted molar refractivity (Wildman–Crippen MR) is 262 cm³/mol. The molecule has 14 nitrogen and oxygen atoms in total. The minimum absolute atomic E-state index is 0. The monoisotopic (exact) mass is 949 g/mol. The average molecular weight is 949 g/mol. The molecule has 0 radical (unpaired) electrons. The number of nitrogens with one attached hydrogen (secondary N) is 2. The fourth-order valence-electron chi connectivity index (χ4n) is 7.85. The molecule has 0 bridgehead atoms. The van der Waals surface area contributed by atoms with Gasteiger partial charge in [0.2, 0.25) is 11.8 Å². The zero-order valence-corrected chi connectivity index (χ0v) is 43.0. The molecule has 0 unspecified atom stereocenters. The molecule has 70 heavy (non-hydrogen) atoms. The van der Waals surface area contributed by atoms with Gasteiger partial charge in [0, 0.05) is 11.4 Å². The quantitative estimate of drug-likeness (QED) is 0.0713. The summed E-state index contributed by atoms with van der Waals surface area (Å²) in [6.07, 6.45) is 1.41. The molecule has 0 spiro atoms. The van der Waals surface area contributed by atoms with Gasteiger partial charge in [0.15, 0.2) is 0 Å². The minimum Gasteiger partial charge on any atom is -0.548 e. The molecule has 4 rings (SSSR count).